The van der Waals surface area contributed by atoms with Crippen LogP contribution in [-0.4, -0.2) is 48.1 Å². The highest BCUT2D eigenvalue weighted by Gasteiger charge is 2.58. The van der Waals surface area contributed by atoms with Crippen LogP contribution in [0.1, 0.15) is 48.8 Å². The topological polar surface area (TPSA) is 49.8 Å². The van der Waals surface area contributed by atoms with Crippen LogP contribution in [0.3, 0.4) is 0 Å². The predicted octanol–water partition coefficient (Wildman–Crippen LogP) is 2.97. The van der Waals surface area contributed by atoms with E-state index in [0.29, 0.717) is 24.1 Å². The fourth-order valence-electron chi connectivity index (χ4n) is 6.15. The summed E-state index contributed by atoms with van der Waals surface area (Å²) in [5.41, 5.74) is 3.09. The Balaban J connectivity index is 1.63. The van der Waals surface area contributed by atoms with Crippen LogP contribution in [0, 0.1) is 18.8 Å². The minimum absolute atomic E-state index is 0.194. The van der Waals surface area contributed by atoms with Crippen LogP contribution in [0.5, 0.6) is 5.75 Å². The van der Waals surface area contributed by atoms with Gasteiger partial charge < -0.3 is 9.84 Å². The molecule has 0 aromatic heterocycles. The molecule has 1 aliphatic heterocycles. The van der Waals surface area contributed by atoms with E-state index >= 15 is 0 Å². The van der Waals surface area contributed by atoms with E-state index in [9.17, 15) is 9.90 Å². The molecule has 2 bridgehead atoms. The molecule has 4 atom stereocenters. The summed E-state index contributed by atoms with van der Waals surface area (Å²) >= 11 is 0. The fourth-order valence-corrected chi connectivity index (χ4v) is 6.15. The summed E-state index contributed by atoms with van der Waals surface area (Å²) in [7, 11) is 1.66. The van der Waals surface area contributed by atoms with E-state index in [1.165, 1.54) is 24.9 Å². The van der Waals surface area contributed by atoms with Crippen molar-refractivity contribution in [3.8, 4) is 5.75 Å². The molecular formula is C22H29NO3. The lowest BCUT2D eigenvalue weighted by atomic mass is 9.51. The molecule has 26 heavy (non-hydrogen) atoms. The van der Waals surface area contributed by atoms with Gasteiger partial charge in [0.15, 0.2) is 5.78 Å². The first-order valence-electron chi connectivity index (χ1n) is 10.1. The fraction of sp³-hybridized carbons (Fsp3) is 0.682. The lowest BCUT2D eigenvalue weighted by Gasteiger charge is -2.59. The van der Waals surface area contributed by atoms with Crippen LogP contribution in [0.15, 0.2) is 12.1 Å². The first-order chi connectivity index (χ1) is 12.5. The molecule has 2 unspecified atom stereocenters. The van der Waals surface area contributed by atoms with E-state index in [4.69, 9.17) is 4.74 Å². The lowest BCUT2D eigenvalue weighted by molar-refractivity contribution is -0.142. The quantitative estimate of drug-likeness (QED) is 0.906. The Morgan fingerprint density at radius 1 is 1.35 bits per heavy atom. The number of hydrogen-bond donors (Lipinski definition) is 1. The smallest absolute Gasteiger partial charge is 0.162 e. The van der Waals surface area contributed by atoms with E-state index in [1.54, 1.807) is 7.11 Å². The number of carbonyl (C=O) groups excluding carboxylic acids is 1. The number of benzene rings is 1. The summed E-state index contributed by atoms with van der Waals surface area (Å²) in [6.45, 7) is 4.23. The number of rotatable bonds is 3. The number of likely N-dealkylation sites (tertiary alicyclic amines) is 1. The van der Waals surface area contributed by atoms with Crippen LogP contribution in [0.4, 0.5) is 0 Å². The van der Waals surface area contributed by atoms with Crippen LogP contribution in [-0.2, 0) is 21.4 Å². The summed E-state index contributed by atoms with van der Waals surface area (Å²) < 4.78 is 5.55. The summed E-state index contributed by atoms with van der Waals surface area (Å²) in [6, 6.07) is 4.71. The zero-order valence-electron chi connectivity index (χ0n) is 15.8. The Labute approximate surface area is 155 Å². The number of methoxy groups -OCH3 is 1. The molecule has 3 aliphatic carbocycles. The number of fused-ring (bicyclic) bond motifs is 1. The second-order valence-electron chi connectivity index (χ2n) is 9.09. The van der Waals surface area contributed by atoms with Crippen LogP contribution in [0.2, 0.25) is 0 Å². The molecule has 1 N–H and O–H groups in total. The standard InChI is InChI=1S/C22H29NO3/c1-13-3-6-15-9-17-16-10-19(26-2)18(24)11-22(16,20(15)21(13)25)7-8-23(17)12-14-4-5-14/h3,6,14,16-17,19,25H,4-5,7-12H2,1-2H3/t16-,17+,19?,22?/m1/s1. The van der Waals surface area contributed by atoms with Gasteiger partial charge >= 0.3 is 0 Å². The zero-order chi connectivity index (χ0) is 18.1. The van der Waals surface area contributed by atoms with Gasteiger partial charge in [-0.15, -0.1) is 0 Å². The monoisotopic (exact) mass is 355 g/mol. The van der Waals surface area contributed by atoms with Gasteiger partial charge in [-0.3, -0.25) is 9.69 Å². The van der Waals surface area contributed by atoms with E-state index in [-0.39, 0.29) is 17.3 Å². The molecule has 5 rings (SSSR count). The number of carbonyl (C=O) groups is 1. The first kappa shape index (κ1) is 16.8. The molecule has 140 valence electrons. The van der Waals surface area contributed by atoms with Gasteiger partial charge in [-0.1, -0.05) is 12.1 Å². The van der Waals surface area contributed by atoms with Gasteiger partial charge in [-0.25, -0.2) is 0 Å². The van der Waals surface area contributed by atoms with Crippen molar-refractivity contribution in [2.24, 2.45) is 11.8 Å². The van der Waals surface area contributed by atoms with E-state index < -0.39 is 0 Å². The number of ether oxygens (including phenoxy) is 1. The summed E-state index contributed by atoms with van der Waals surface area (Å²) in [5.74, 6) is 1.92. The highest BCUT2D eigenvalue weighted by Crippen LogP contribution is 2.58. The van der Waals surface area contributed by atoms with Crippen molar-refractivity contribution in [3.05, 3.63) is 28.8 Å². The number of aromatic hydroxyl groups is 1. The maximum absolute atomic E-state index is 12.8. The Kier molecular flexibility index (Phi) is 3.74. The van der Waals surface area contributed by atoms with E-state index in [1.807, 2.05) is 13.0 Å². The predicted molar refractivity (Wildman–Crippen MR) is 99.5 cm³/mol. The van der Waals surface area contributed by atoms with Crippen molar-refractivity contribution in [2.45, 2.75) is 63.0 Å². The molecule has 1 heterocycles. The zero-order valence-corrected chi connectivity index (χ0v) is 15.8. The molecule has 1 saturated heterocycles. The number of phenols is 1. The molecule has 1 aromatic carbocycles. The van der Waals surface area contributed by atoms with Crippen molar-refractivity contribution in [1.29, 1.82) is 0 Å². The lowest BCUT2D eigenvalue weighted by Crippen LogP contribution is -2.64. The van der Waals surface area contributed by atoms with Crippen LogP contribution < -0.4 is 0 Å². The molecule has 2 saturated carbocycles. The molecule has 0 amide bonds. The average Bonchev–Trinajstić information content (AvgIpc) is 3.43. The minimum atomic E-state index is -0.273. The third kappa shape index (κ3) is 2.31. The Hall–Kier alpha value is -1.39. The van der Waals surface area contributed by atoms with Crippen LogP contribution in [0.25, 0.3) is 0 Å². The van der Waals surface area contributed by atoms with Gasteiger partial charge in [0.1, 0.15) is 11.9 Å². The molecule has 4 heteroatoms. The second kappa shape index (κ2) is 5.80. The van der Waals surface area contributed by atoms with Crippen molar-refractivity contribution < 1.29 is 14.6 Å². The Morgan fingerprint density at radius 3 is 2.88 bits per heavy atom. The number of aryl methyl sites for hydroxylation is 1. The molecular weight excluding hydrogens is 326 g/mol. The van der Waals surface area contributed by atoms with Gasteiger partial charge in [-0.2, -0.15) is 0 Å². The van der Waals surface area contributed by atoms with Gasteiger partial charge in [-0.05, 0) is 68.5 Å². The van der Waals surface area contributed by atoms with E-state index in [0.717, 1.165) is 42.9 Å². The number of ketones is 1. The van der Waals surface area contributed by atoms with Gasteiger partial charge in [0.25, 0.3) is 0 Å². The summed E-state index contributed by atoms with van der Waals surface area (Å²) in [4.78, 5) is 15.5. The summed E-state index contributed by atoms with van der Waals surface area (Å²) in [6.07, 6.45) is 5.76. The maximum Gasteiger partial charge on any atom is 0.162 e. The van der Waals surface area contributed by atoms with Crippen molar-refractivity contribution in [1.82, 2.24) is 4.90 Å². The molecule has 4 aliphatic rings. The number of phenolic OH excluding ortho intramolecular Hbond substituents is 1. The molecule has 1 aromatic rings. The highest BCUT2D eigenvalue weighted by molar-refractivity contribution is 5.86. The first-order valence-corrected chi connectivity index (χ1v) is 10.1. The third-order valence-corrected chi connectivity index (χ3v) is 7.67. The Bertz CT molecular complexity index is 756. The average molecular weight is 355 g/mol. The molecule has 3 fully saturated rings. The van der Waals surface area contributed by atoms with Crippen molar-refractivity contribution >= 4 is 5.78 Å². The normalized spacial score (nSPS) is 36.5. The highest BCUT2D eigenvalue weighted by atomic mass is 16.5. The van der Waals surface area contributed by atoms with Crippen LogP contribution >= 0.6 is 0 Å². The largest absolute Gasteiger partial charge is 0.507 e. The van der Waals surface area contributed by atoms with Gasteiger partial charge in [0.2, 0.25) is 0 Å². The number of Topliss-reactive ketones (excluding diaryl/α,β-unsaturated/α-hetero) is 1. The van der Waals surface area contributed by atoms with E-state index in [2.05, 4.69) is 11.0 Å². The van der Waals surface area contributed by atoms with Gasteiger partial charge in [0.05, 0.1) is 0 Å². The molecule has 0 spiro atoms. The SMILES string of the molecule is COC1C[C@@H]2[C@@H]3Cc4ccc(C)c(O)c4C2(CCN3CC2CC2)CC1=O. The van der Waals surface area contributed by atoms with Gasteiger partial charge in [0, 0.05) is 37.1 Å². The summed E-state index contributed by atoms with van der Waals surface area (Å²) in [5, 5.41) is 11.0. The van der Waals surface area contributed by atoms with Crippen molar-refractivity contribution in [3.63, 3.8) is 0 Å². The third-order valence-electron chi connectivity index (χ3n) is 7.67. The minimum Gasteiger partial charge on any atom is -0.507 e. The number of piperidine rings is 1. The molecule has 0 radical (unpaired) electrons. The number of nitrogens with zero attached hydrogens (tertiary/aromatic N) is 1. The Morgan fingerprint density at radius 2 is 2.15 bits per heavy atom. The van der Waals surface area contributed by atoms with Crippen molar-refractivity contribution in [2.75, 3.05) is 20.2 Å². The molecule has 4 nitrogen and oxygen atoms in total. The second-order valence-corrected chi connectivity index (χ2v) is 9.09. The number of hydrogen-bond acceptors (Lipinski definition) is 4. The maximum atomic E-state index is 12.8.